The monoisotopic (exact) mass is 238 g/mol. The molecule has 17 heavy (non-hydrogen) atoms. The molecule has 0 amide bonds. The highest BCUT2D eigenvalue weighted by atomic mass is 16.5. The fourth-order valence-electron chi connectivity index (χ4n) is 1.43. The summed E-state index contributed by atoms with van der Waals surface area (Å²) in [4.78, 5) is 8.14. The minimum absolute atomic E-state index is 0.184. The predicted octanol–water partition coefficient (Wildman–Crippen LogP) is 1.80. The zero-order valence-electron chi connectivity index (χ0n) is 10.9. The highest BCUT2D eigenvalue weighted by molar-refractivity contribution is 5.37. The van der Waals surface area contributed by atoms with Gasteiger partial charge in [-0.1, -0.05) is 13.8 Å². The minimum atomic E-state index is -0.184. The topological polar surface area (TPSA) is 73.1 Å². The third kappa shape index (κ3) is 4.19. The highest BCUT2D eigenvalue weighted by Gasteiger charge is 2.19. The molecule has 1 aromatic heterocycles. The number of nitrogens with one attached hydrogen (secondary N) is 1. The number of rotatable bonds is 7. The Labute approximate surface area is 103 Å². The molecule has 5 nitrogen and oxygen atoms in total. The van der Waals surface area contributed by atoms with Gasteiger partial charge in [-0.15, -0.1) is 0 Å². The molecule has 1 aromatic rings. The summed E-state index contributed by atoms with van der Waals surface area (Å²) in [6, 6.07) is 1.79. The van der Waals surface area contributed by atoms with Gasteiger partial charge >= 0.3 is 0 Å². The zero-order valence-corrected chi connectivity index (χ0v) is 10.9. The van der Waals surface area contributed by atoms with Crippen molar-refractivity contribution < 1.29 is 4.74 Å². The third-order valence-electron chi connectivity index (χ3n) is 2.96. The standard InChI is InChI=1S/C12H22N4O/c1-4-12(13,5-2)8-14-10-7-11(17-6-3)16-9-15-10/h7,9H,4-6,8,13H2,1-3H3,(H,14,15,16). The number of nitrogens with zero attached hydrogens (tertiary/aromatic N) is 2. The van der Waals surface area contributed by atoms with Crippen molar-refractivity contribution in [2.24, 2.45) is 5.73 Å². The van der Waals surface area contributed by atoms with Gasteiger partial charge in [-0.25, -0.2) is 9.97 Å². The molecule has 0 aromatic carbocycles. The van der Waals surface area contributed by atoms with Crippen LogP contribution in [0.5, 0.6) is 5.88 Å². The SMILES string of the molecule is CCOc1cc(NCC(N)(CC)CC)ncn1. The lowest BCUT2D eigenvalue weighted by Gasteiger charge is -2.27. The van der Waals surface area contributed by atoms with Crippen molar-refractivity contribution in [3.63, 3.8) is 0 Å². The van der Waals surface area contributed by atoms with Crippen LogP contribution in [0.15, 0.2) is 12.4 Å². The van der Waals surface area contributed by atoms with E-state index in [-0.39, 0.29) is 5.54 Å². The molecule has 0 saturated carbocycles. The Morgan fingerprint density at radius 2 is 2.00 bits per heavy atom. The molecule has 0 bridgehead atoms. The highest BCUT2D eigenvalue weighted by Crippen LogP contribution is 2.15. The third-order valence-corrected chi connectivity index (χ3v) is 2.96. The van der Waals surface area contributed by atoms with E-state index < -0.39 is 0 Å². The van der Waals surface area contributed by atoms with Crippen molar-refractivity contribution in [1.29, 1.82) is 0 Å². The van der Waals surface area contributed by atoms with E-state index in [1.807, 2.05) is 6.92 Å². The van der Waals surface area contributed by atoms with Crippen LogP contribution in [0.4, 0.5) is 5.82 Å². The Morgan fingerprint density at radius 1 is 1.29 bits per heavy atom. The van der Waals surface area contributed by atoms with Crippen LogP contribution in [0.1, 0.15) is 33.6 Å². The van der Waals surface area contributed by atoms with Gasteiger partial charge < -0.3 is 15.8 Å². The summed E-state index contributed by atoms with van der Waals surface area (Å²) >= 11 is 0. The van der Waals surface area contributed by atoms with Crippen LogP contribution in [0.3, 0.4) is 0 Å². The molecule has 5 heteroatoms. The second-order valence-corrected chi connectivity index (χ2v) is 4.10. The Balaban J connectivity index is 2.59. The van der Waals surface area contributed by atoms with E-state index in [0.717, 1.165) is 18.7 Å². The normalized spacial score (nSPS) is 11.3. The van der Waals surface area contributed by atoms with Crippen LogP contribution >= 0.6 is 0 Å². The van der Waals surface area contributed by atoms with E-state index in [4.69, 9.17) is 10.5 Å². The molecule has 1 rings (SSSR count). The van der Waals surface area contributed by atoms with Gasteiger partial charge in [-0.2, -0.15) is 0 Å². The van der Waals surface area contributed by atoms with Gasteiger partial charge in [0.25, 0.3) is 0 Å². The number of aromatic nitrogens is 2. The average molecular weight is 238 g/mol. The van der Waals surface area contributed by atoms with Crippen LogP contribution in [-0.2, 0) is 0 Å². The first-order valence-electron chi connectivity index (χ1n) is 6.11. The molecule has 3 N–H and O–H groups in total. The molecular weight excluding hydrogens is 216 g/mol. The first-order valence-corrected chi connectivity index (χ1v) is 6.11. The Hall–Kier alpha value is -1.36. The Kier molecular flexibility index (Phi) is 5.15. The van der Waals surface area contributed by atoms with E-state index in [1.54, 1.807) is 6.07 Å². The molecule has 96 valence electrons. The number of anilines is 1. The fraction of sp³-hybridized carbons (Fsp3) is 0.667. The molecule has 1 heterocycles. The van der Waals surface area contributed by atoms with Gasteiger partial charge in [0.05, 0.1) is 6.61 Å². The van der Waals surface area contributed by atoms with Gasteiger partial charge in [-0.05, 0) is 19.8 Å². The average Bonchev–Trinajstić information content (AvgIpc) is 2.37. The summed E-state index contributed by atoms with van der Waals surface area (Å²) in [5.41, 5.74) is 6.02. The van der Waals surface area contributed by atoms with Crippen LogP contribution in [0.25, 0.3) is 0 Å². The van der Waals surface area contributed by atoms with Crippen molar-refractivity contribution >= 4 is 5.82 Å². The van der Waals surface area contributed by atoms with Crippen LogP contribution in [-0.4, -0.2) is 28.7 Å². The van der Waals surface area contributed by atoms with E-state index in [9.17, 15) is 0 Å². The lowest BCUT2D eigenvalue weighted by atomic mass is 9.94. The van der Waals surface area contributed by atoms with Crippen LogP contribution < -0.4 is 15.8 Å². The molecule has 0 aliphatic rings. The van der Waals surface area contributed by atoms with E-state index in [0.29, 0.717) is 19.0 Å². The second-order valence-electron chi connectivity index (χ2n) is 4.10. The molecular formula is C12H22N4O. The molecule has 0 unspecified atom stereocenters. The molecule has 0 fully saturated rings. The summed E-state index contributed by atoms with van der Waals surface area (Å²) in [5, 5.41) is 3.23. The van der Waals surface area contributed by atoms with Crippen molar-refractivity contribution in [2.45, 2.75) is 39.2 Å². The number of ether oxygens (including phenoxy) is 1. The molecule has 0 radical (unpaired) electrons. The minimum Gasteiger partial charge on any atom is -0.478 e. The fourth-order valence-corrected chi connectivity index (χ4v) is 1.43. The smallest absolute Gasteiger partial charge is 0.218 e. The summed E-state index contributed by atoms with van der Waals surface area (Å²) < 4.78 is 5.31. The maximum Gasteiger partial charge on any atom is 0.218 e. The summed E-state index contributed by atoms with van der Waals surface area (Å²) in [7, 11) is 0. The van der Waals surface area contributed by atoms with Crippen molar-refractivity contribution in [3.8, 4) is 5.88 Å². The van der Waals surface area contributed by atoms with Crippen molar-refractivity contribution in [2.75, 3.05) is 18.5 Å². The van der Waals surface area contributed by atoms with Gasteiger partial charge in [0.15, 0.2) is 0 Å². The van der Waals surface area contributed by atoms with E-state index in [2.05, 4.69) is 29.1 Å². The number of hydrogen-bond donors (Lipinski definition) is 2. The Bertz CT molecular complexity index is 339. The molecule has 0 saturated heterocycles. The van der Waals surface area contributed by atoms with Gasteiger partial charge in [0.2, 0.25) is 5.88 Å². The second kappa shape index (κ2) is 6.39. The molecule has 0 aliphatic heterocycles. The first kappa shape index (κ1) is 13.7. The van der Waals surface area contributed by atoms with Gasteiger partial charge in [0.1, 0.15) is 12.1 Å². The Morgan fingerprint density at radius 3 is 2.59 bits per heavy atom. The molecule has 0 spiro atoms. The molecule has 0 atom stereocenters. The maximum atomic E-state index is 6.20. The number of hydrogen-bond acceptors (Lipinski definition) is 5. The van der Waals surface area contributed by atoms with Crippen molar-refractivity contribution in [3.05, 3.63) is 12.4 Å². The maximum absolute atomic E-state index is 6.20. The van der Waals surface area contributed by atoms with E-state index >= 15 is 0 Å². The largest absolute Gasteiger partial charge is 0.478 e. The van der Waals surface area contributed by atoms with Gasteiger partial charge in [0, 0.05) is 18.2 Å². The zero-order chi connectivity index (χ0) is 12.7. The predicted molar refractivity (Wildman–Crippen MR) is 69.2 cm³/mol. The summed E-state index contributed by atoms with van der Waals surface area (Å²) in [6.45, 7) is 7.41. The van der Waals surface area contributed by atoms with Gasteiger partial charge in [-0.3, -0.25) is 0 Å². The first-order chi connectivity index (χ1) is 8.13. The lowest BCUT2D eigenvalue weighted by Crippen LogP contribution is -2.45. The quantitative estimate of drug-likeness (QED) is 0.758. The van der Waals surface area contributed by atoms with Crippen molar-refractivity contribution in [1.82, 2.24) is 9.97 Å². The lowest BCUT2D eigenvalue weighted by molar-refractivity contribution is 0.326. The molecule has 0 aliphatic carbocycles. The summed E-state index contributed by atoms with van der Waals surface area (Å²) in [5.74, 6) is 1.33. The van der Waals surface area contributed by atoms with Crippen LogP contribution in [0.2, 0.25) is 0 Å². The number of nitrogens with two attached hydrogens (primary N) is 1. The van der Waals surface area contributed by atoms with Crippen LogP contribution in [0, 0.1) is 0 Å². The van der Waals surface area contributed by atoms with E-state index in [1.165, 1.54) is 6.33 Å². The summed E-state index contributed by atoms with van der Waals surface area (Å²) in [6.07, 6.45) is 3.35.